The predicted molar refractivity (Wildman–Crippen MR) is 80.0 cm³/mol. The van der Waals surface area contributed by atoms with Crippen LogP contribution in [0.4, 0.5) is 0 Å². The third-order valence-corrected chi connectivity index (χ3v) is 4.26. The molecule has 106 valence electrons. The molecular weight excluding hydrogens is 272 g/mol. The Morgan fingerprint density at radius 1 is 1.55 bits per heavy atom. The number of aromatic amines is 1. The average molecular weight is 290 g/mol. The van der Waals surface area contributed by atoms with Crippen LogP contribution in [0.1, 0.15) is 22.4 Å². The van der Waals surface area contributed by atoms with Gasteiger partial charge in [0.05, 0.1) is 10.7 Å². The lowest BCUT2D eigenvalue weighted by molar-refractivity contribution is 0.0704. The van der Waals surface area contributed by atoms with Gasteiger partial charge in [-0.05, 0) is 19.9 Å². The third kappa shape index (κ3) is 2.62. The Bertz CT molecular complexity index is 618. The van der Waals surface area contributed by atoms with Crippen molar-refractivity contribution < 1.29 is 4.79 Å². The number of carbonyl (C=O) groups excluding carboxylic acids is 1. The van der Waals surface area contributed by atoms with Crippen LogP contribution in [0.15, 0.2) is 17.6 Å². The van der Waals surface area contributed by atoms with E-state index >= 15 is 0 Å². The summed E-state index contributed by atoms with van der Waals surface area (Å²) in [6.07, 6.45) is 1.85. The molecule has 0 aromatic carbocycles. The van der Waals surface area contributed by atoms with Crippen molar-refractivity contribution in [1.82, 2.24) is 20.2 Å². The van der Waals surface area contributed by atoms with Crippen molar-refractivity contribution in [3.05, 3.63) is 28.3 Å². The highest BCUT2D eigenvalue weighted by atomic mass is 32.1. The first kappa shape index (κ1) is 13.3. The Balaban J connectivity index is 1.77. The van der Waals surface area contributed by atoms with Gasteiger partial charge in [-0.25, -0.2) is 4.98 Å². The zero-order valence-electron chi connectivity index (χ0n) is 11.6. The van der Waals surface area contributed by atoms with Crippen LogP contribution in [-0.2, 0) is 0 Å². The Kier molecular flexibility index (Phi) is 3.58. The molecule has 1 fully saturated rings. The molecule has 0 saturated carbocycles. The van der Waals surface area contributed by atoms with E-state index in [1.54, 1.807) is 11.3 Å². The maximum atomic E-state index is 12.4. The van der Waals surface area contributed by atoms with Crippen molar-refractivity contribution in [3.8, 4) is 11.3 Å². The van der Waals surface area contributed by atoms with E-state index in [2.05, 4.69) is 22.2 Å². The monoisotopic (exact) mass is 290 g/mol. The molecule has 1 atom stereocenters. The molecular formula is C14H18N4OS. The first-order chi connectivity index (χ1) is 9.63. The van der Waals surface area contributed by atoms with Crippen LogP contribution in [0, 0.1) is 6.92 Å². The number of aromatic nitrogens is 2. The molecule has 1 aliphatic heterocycles. The number of H-pyrrole nitrogens is 1. The van der Waals surface area contributed by atoms with Crippen LogP contribution < -0.4 is 5.32 Å². The molecule has 3 heterocycles. The Morgan fingerprint density at radius 2 is 2.40 bits per heavy atom. The Hall–Kier alpha value is -1.66. The lowest BCUT2D eigenvalue weighted by Crippen LogP contribution is -2.51. The lowest BCUT2D eigenvalue weighted by Gasteiger charge is -2.31. The highest BCUT2D eigenvalue weighted by Crippen LogP contribution is 2.22. The van der Waals surface area contributed by atoms with Gasteiger partial charge in [0.1, 0.15) is 5.69 Å². The lowest BCUT2D eigenvalue weighted by atomic mass is 10.2. The second-order valence-electron chi connectivity index (χ2n) is 5.16. The molecule has 1 amide bonds. The van der Waals surface area contributed by atoms with Crippen molar-refractivity contribution in [2.75, 3.05) is 19.6 Å². The van der Waals surface area contributed by atoms with Crippen LogP contribution in [0.3, 0.4) is 0 Å². The van der Waals surface area contributed by atoms with Gasteiger partial charge in [0.25, 0.3) is 5.91 Å². The minimum atomic E-state index is 0.0663. The van der Waals surface area contributed by atoms with Crippen molar-refractivity contribution in [2.24, 2.45) is 0 Å². The molecule has 1 aliphatic rings. The summed E-state index contributed by atoms with van der Waals surface area (Å²) in [6.45, 7) is 6.44. The number of thiazole rings is 1. The fourth-order valence-corrected chi connectivity index (χ4v) is 3.07. The summed E-state index contributed by atoms with van der Waals surface area (Å²) in [7, 11) is 0. The summed E-state index contributed by atoms with van der Waals surface area (Å²) in [4.78, 5) is 21.9. The SMILES string of the molecule is Cc1nc(-c2c[nH]c(C(=O)N3CCNC(C)C3)c2)cs1. The highest BCUT2D eigenvalue weighted by Gasteiger charge is 2.22. The van der Waals surface area contributed by atoms with Crippen molar-refractivity contribution in [3.63, 3.8) is 0 Å². The number of nitrogens with one attached hydrogen (secondary N) is 2. The Labute approximate surface area is 122 Å². The van der Waals surface area contributed by atoms with Crippen LogP contribution >= 0.6 is 11.3 Å². The molecule has 2 N–H and O–H groups in total. The summed E-state index contributed by atoms with van der Waals surface area (Å²) in [5.41, 5.74) is 2.54. The van der Waals surface area contributed by atoms with E-state index in [1.165, 1.54) is 0 Å². The van der Waals surface area contributed by atoms with Crippen molar-refractivity contribution in [1.29, 1.82) is 0 Å². The average Bonchev–Trinajstić information content (AvgIpc) is 3.06. The number of piperazine rings is 1. The summed E-state index contributed by atoms with van der Waals surface area (Å²) in [5, 5.41) is 6.39. The number of carbonyl (C=O) groups is 1. The molecule has 0 spiro atoms. The van der Waals surface area contributed by atoms with Crippen LogP contribution in [-0.4, -0.2) is 46.5 Å². The van der Waals surface area contributed by atoms with Gasteiger partial charge < -0.3 is 15.2 Å². The van der Waals surface area contributed by atoms with Gasteiger partial charge in [0.15, 0.2) is 0 Å². The maximum Gasteiger partial charge on any atom is 0.270 e. The number of nitrogens with zero attached hydrogens (tertiary/aromatic N) is 2. The van der Waals surface area contributed by atoms with Gasteiger partial charge in [-0.2, -0.15) is 0 Å². The van der Waals surface area contributed by atoms with Gasteiger partial charge in [0.2, 0.25) is 0 Å². The van der Waals surface area contributed by atoms with Crippen molar-refractivity contribution in [2.45, 2.75) is 19.9 Å². The van der Waals surface area contributed by atoms with E-state index in [9.17, 15) is 4.79 Å². The smallest absolute Gasteiger partial charge is 0.270 e. The molecule has 1 unspecified atom stereocenters. The molecule has 6 heteroatoms. The quantitative estimate of drug-likeness (QED) is 0.888. The van der Waals surface area contributed by atoms with E-state index in [4.69, 9.17) is 0 Å². The van der Waals surface area contributed by atoms with Gasteiger partial charge >= 0.3 is 0 Å². The highest BCUT2D eigenvalue weighted by molar-refractivity contribution is 7.09. The summed E-state index contributed by atoms with van der Waals surface area (Å²) in [5.74, 6) is 0.0663. The van der Waals surface area contributed by atoms with E-state index < -0.39 is 0 Å². The standard InChI is InChI=1S/C14H18N4OS/c1-9-7-18(4-3-15-9)14(19)12-5-11(6-16-12)13-8-20-10(2)17-13/h5-6,8-9,15-16H,3-4,7H2,1-2H3. The number of rotatable bonds is 2. The third-order valence-electron chi connectivity index (χ3n) is 3.48. The molecule has 3 rings (SSSR count). The van der Waals surface area contributed by atoms with E-state index in [-0.39, 0.29) is 5.91 Å². The van der Waals surface area contributed by atoms with E-state index in [1.807, 2.05) is 29.5 Å². The van der Waals surface area contributed by atoms with Gasteiger partial charge in [-0.3, -0.25) is 4.79 Å². The van der Waals surface area contributed by atoms with Gasteiger partial charge in [0, 0.05) is 42.8 Å². The molecule has 0 aliphatic carbocycles. The molecule has 2 aromatic heterocycles. The second-order valence-corrected chi connectivity index (χ2v) is 6.22. The number of hydrogen-bond acceptors (Lipinski definition) is 4. The summed E-state index contributed by atoms with van der Waals surface area (Å²) < 4.78 is 0. The number of hydrogen-bond donors (Lipinski definition) is 2. The van der Waals surface area contributed by atoms with Crippen LogP contribution in [0.5, 0.6) is 0 Å². The molecule has 0 radical (unpaired) electrons. The van der Waals surface area contributed by atoms with Crippen molar-refractivity contribution >= 4 is 17.2 Å². The minimum Gasteiger partial charge on any atom is -0.357 e. The molecule has 5 nitrogen and oxygen atoms in total. The largest absolute Gasteiger partial charge is 0.357 e. The zero-order chi connectivity index (χ0) is 14.1. The minimum absolute atomic E-state index is 0.0663. The molecule has 1 saturated heterocycles. The fourth-order valence-electron chi connectivity index (χ4n) is 2.45. The van der Waals surface area contributed by atoms with Crippen LogP contribution in [0.2, 0.25) is 0 Å². The van der Waals surface area contributed by atoms with E-state index in [0.717, 1.165) is 35.9 Å². The van der Waals surface area contributed by atoms with Gasteiger partial charge in [-0.15, -0.1) is 11.3 Å². The topological polar surface area (TPSA) is 61.0 Å². The summed E-state index contributed by atoms with van der Waals surface area (Å²) >= 11 is 1.62. The molecule has 20 heavy (non-hydrogen) atoms. The first-order valence-electron chi connectivity index (χ1n) is 6.77. The van der Waals surface area contributed by atoms with E-state index in [0.29, 0.717) is 11.7 Å². The molecule has 0 bridgehead atoms. The first-order valence-corrected chi connectivity index (χ1v) is 7.65. The number of aryl methyl sites for hydroxylation is 1. The normalized spacial score (nSPS) is 19.3. The fraction of sp³-hybridized carbons (Fsp3) is 0.429. The second kappa shape index (κ2) is 5.38. The Morgan fingerprint density at radius 3 is 3.10 bits per heavy atom. The molecule has 2 aromatic rings. The zero-order valence-corrected chi connectivity index (χ0v) is 12.5. The predicted octanol–water partition coefficient (Wildman–Crippen LogP) is 1.88. The van der Waals surface area contributed by atoms with Gasteiger partial charge in [-0.1, -0.05) is 0 Å². The summed E-state index contributed by atoms with van der Waals surface area (Å²) in [6, 6.07) is 2.24. The number of amides is 1. The van der Waals surface area contributed by atoms with Crippen LogP contribution in [0.25, 0.3) is 11.3 Å². The maximum absolute atomic E-state index is 12.4.